The average Bonchev–Trinajstić information content (AvgIpc) is 3.66. The Kier molecular flexibility index (Phi) is 5.71. The first-order valence-corrected chi connectivity index (χ1v) is 15.5. The molecule has 1 aliphatic heterocycles. The van der Waals surface area contributed by atoms with Crippen LogP contribution in [-0.4, -0.2) is 11.7 Å². The number of fused-ring (bicyclic) bond motifs is 6. The number of rotatable bonds is 4. The van der Waals surface area contributed by atoms with Gasteiger partial charge in [0.2, 0.25) is 0 Å². The molecule has 1 N–H and O–H groups in total. The molecule has 6 aromatic carbocycles. The normalized spacial score (nSPS) is 13.8. The van der Waals surface area contributed by atoms with Crippen LogP contribution in [0.1, 0.15) is 22.9 Å². The van der Waals surface area contributed by atoms with E-state index in [4.69, 9.17) is 14.4 Å². The number of thiophene rings is 1. The van der Waals surface area contributed by atoms with Gasteiger partial charge in [-0.1, -0.05) is 103 Å². The Hall–Kier alpha value is -5.52. The van der Waals surface area contributed by atoms with Crippen LogP contribution in [0.2, 0.25) is 0 Å². The highest BCUT2D eigenvalue weighted by molar-refractivity contribution is 7.25. The predicted molar refractivity (Wildman–Crippen MR) is 184 cm³/mol. The lowest BCUT2D eigenvalue weighted by Crippen LogP contribution is -2.36. The monoisotopic (exact) mass is 583 g/mol. The molecule has 208 valence electrons. The number of aliphatic imine (C=N–C) groups is 2. The summed E-state index contributed by atoms with van der Waals surface area (Å²) in [4.78, 5) is 10.3. The summed E-state index contributed by atoms with van der Waals surface area (Å²) in [5.74, 6) is 1.59. The molecule has 0 spiro atoms. The zero-order valence-electron chi connectivity index (χ0n) is 23.6. The number of hydrogen-bond donors (Lipinski definition) is 1. The molecule has 8 aromatic rings. The van der Waals surface area contributed by atoms with E-state index in [1.165, 1.54) is 25.7 Å². The molecule has 0 amide bonds. The van der Waals surface area contributed by atoms with Gasteiger partial charge in [-0.05, 0) is 47.5 Å². The third-order valence-electron chi connectivity index (χ3n) is 8.35. The van der Waals surface area contributed by atoms with E-state index in [1.807, 2.05) is 59.9 Å². The van der Waals surface area contributed by atoms with Crippen LogP contribution in [0.15, 0.2) is 154 Å². The fourth-order valence-corrected chi connectivity index (χ4v) is 7.32. The second kappa shape index (κ2) is 10.0. The topological polar surface area (TPSA) is 49.9 Å². The average molecular weight is 584 g/mol. The quantitative estimate of drug-likeness (QED) is 0.224. The smallest absolute Gasteiger partial charge is 0.170 e. The van der Waals surface area contributed by atoms with Gasteiger partial charge in [0.1, 0.15) is 22.8 Å². The van der Waals surface area contributed by atoms with Gasteiger partial charge in [0.15, 0.2) is 6.17 Å². The van der Waals surface area contributed by atoms with Crippen molar-refractivity contribution >= 4 is 65.1 Å². The first-order chi connectivity index (χ1) is 21.8. The van der Waals surface area contributed by atoms with Crippen LogP contribution in [0.3, 0.4) is 0 Å². The molecule has 2 aromatic heterocycles. The van der Waals surface area contributed by atoms with Gasteiger partial charge in [0.25, 0.3) is 0 Å². The van der Waals surface area contributed by atoms with E-state index in [9.17, 15) is 0 Å². The van der Waals surface area contributed by atoms with E-state index in [0.717, 1.165) is 55.9 Å². The number of hydrogen-bond acceptors (Lipinski definition) is 5. The van der Waals surface area contributed by atoms with E-state index >= 15 is 0 Å². The zero-order valence-corrected chi connectivity index (χ0v) is 24.4. The van der Waals surface area contributed by atoms with Crippen molar-refractivity contribution in [1.29, 1.82) is 0 Å². The summed E-state index contributed by atoms with van der Waals surface area (Å²) in [6, 6.07) is 48.6. The molecule has 0 unspecified atom stereocenters. The summed E-state index contributed by atoms with van der Waals surface area (Å²) in [5.41, 5.74) is 7.07. The van der Waals surface area contributed by atoms with Gasteiger partial charge in [-0.3, -0.25) is 0 Å². The molecule has 4 nitrogen and oxygen atoms in total. The van der Waals surface area contributed by atoms with E-state index in [2.05, 4.69) is 96.3 Å². The van der Waals surface area contributed by atoms with Crippen molar-refractivity contribution in [2.24, 2.45) is 9.98 Å². The van der Waals surface area contributed by atoms with Crippen LogP contribution in [0.25, 0.3) is 53.2 Å². The van der Waals surface area contributed by atoms with E-state index < -0.39 is 6.17 Å². The first-order valence-electron chi connectivity index (χ1n) is 14.7. The fraction of sp³-hybridized carbons (Fsp3) is 0.0256. The summed E-state index contributed by atoms with van der Waals surface area (Å²) in [7, 11) is 0. The molecule has 0 atom stereocenters. The van der Waals surface area contributed by atoms with Crippen molar-refractivity contribution < 1.29 is 4.42 Å². The molecule has 9 rings (SSSR count). The lowest BCUT2D eigenvalue weighted by molar-refractivity contribution is 0.667. The van der Waals surface area contributed by atoms with Crippen LogP contribution < -0.4 is 5.32 Å². The number of nitrogens with zero attached hydrogens (tertiary/aromatic N) is 2. The summed E-state index contributed by atoms with van der Waals surface area (Å²) < 4.78 is 9.02. The van der Waals surface area contributed by atoms with Crippen molar-refractivity contribution in [2.75, 3.05) is 0 Å². The Morgan fingerprint density at radius 1 is 0.500 bits per heavy atom. The molecule has 0 bridgehead atoms. The Bertz CT molecular complexity index is 2360. The lowest BCUT2D eigenvalue weighted by Gasteiger charge is -2.22. The van der Waals surface area contributed by atoms with Gasteiger partial charge < -0.3 is 9.73 Å². The molecular weight excluding hydrogens is 559 g/mol. The highest BCUT2D eigenvalue weighted by Crippen LogP contribution is 2.40. The minimum Gasteiger partial charge on any atom is -0.456 e. The molecule has 3 heterocycles. The molecule has 0 aliphatic carbocycles. The number of furan rings is 1. The molecule has 0 saturated carbocycles. The molecule has 1 aliphatic rings. The third-order valence-corrected chi connectivity index (χ3v) is 9.50. The number of nitrogens with one attached hydrogen (secondary N) is 1. The van der Waals surface area contributed by atoms with Gasteiger partial charge in [-0.15, -0.1) is 11.3 Å². The highest BCUT2D eigenvalue weighted by atomic mass is 32.1. The Morgan fingerprint density at radius 2 is 1.14 bits per heavy atom. The Balaban J connectivity index is 1.22. The van der Waals surface area contributed by atoms with Crippen molar-refractivity contribution in [1.82, 2.24) is 5.32 Å². The molecular formula is C39H25N3OS. The van der Waals surface area contributed by atoms with Crippen LogP contribution in [0.5, 0.6) is 0 Å². The van der Waals surface area contributed by atoms with Crippen molar-refractivity contribution in [3.05, 3.63) is 156 Å². The van der Waals surface area contributed by atoms with E-state index in [0.29, 0.717) is 0 Å². The maximum Gasteiger partial charge on any atom is 0.170 e. The second-order valence-corrected chi connectivity index (χ2v) is 12.1. The van der Waals surface area contributed by atoms with Crippen molar-refractivity contribution in [3.8, 4) is 11.1 Å². The second-order valence-electron chi connectivity index (χ2n) is 11.0. The lowest BCUT2D eigenvalue weighted by atomic mass is 9.98. The van der Waals surface area contributed by atoms with Crippen molar-refractivity contribution in [3.63, 3.8) is 0 Å². The number of amidine groups is 2. The van der Waals surface area contributed by atoms with Gasteiger partial charge in [-0.25, -0.2) is 9.98 Å². The molecule has 44 heavy (non-hydrogen) atoms. The third kappa shape index (κ3) is 4.13. The standard InChI is InChI=1S/C39H25N3OS/c1-3-10-24(11-4-1)37-40-38(25-12-5-2-6-13-25)42-39(41-37)29-15-9-16-33-36(29)31-23-26(18-20-32(31)43-33)27-19-21-35-30(22-27)28-14-7-8-17-34(28)44-35/h1-23,39H,(H,40,41,42). The van der Waals surface area contributed by atoms with Gasteiger partial charge in [0, 0.05) is 47.6 Å². The van der Waals surface area contributed by atoms with Crippen molar-refractivity contribution in [2.45, 2.75) is 6.17 Å². The van der Waals surface area contributed by atoms with Crippen LogP contribution in [0.4, 0.5) is 0 Å². The minimum absolute atomic E-state index is 0.441. The van der Waals surface area contributed by atoms with E-state index in [1.54, 1.807) is 0 Å². The van der Waals surface area contributed by atoms with Gasteiger partial charge in [0.05, 0.1) is 0 Å². The maximum absolute atomic E-state index is 6.40. The zero-order chi connectivity index (χ0) is 29.0. The van der Waals surface area contributed by atoms with Gasteiger partial charge >= 0.3 is 0 Å². The summed E-state index contributed by atoms with van der Waals surface area (Å²) in [6.07, 6.45) is -0.441. The molecule has 0 radical (unpaired) electrons. The molecule has 5 heteroatoms. The molecule has 0 saturated heterocycles. The Labute approximate surface area is 257 Å². The first kappa shape index (κ1) is 25.0. The SMILES string of the molecule is c1ccc(C2=NC(c3cccc4oc5ccc(-c6ccc7sc8ccccc8c7c6)cc5c34)N=C(c3ccccc3)N2)cc1. The fourth-order valence-electron chi connectivity index (χ4n) is 6.23. The largest absolute Gasteiger partial charge is 0.456 e. The van der Waals surface area contributed by atoms with Gasteiger partial charge in [-0.2, -0.15) is 0 Å². The van der Waals surface area contributed by atoms with Crippen LogP contribution in [0, 0.1) is 0 Å². The number of benzene rings is 6. The van der Waals surface area contributed by atoms with Crippen LogP contribution in [-0.2, 0) is 0 Å². The minimum atomic E-state index is -0.441. The summed E-state index contributed by atoms with van der Waals surface area (Å²) in [6.45, 7) is 0. The van der Waals surface area contributed by atoms with E-state index in [-0.39, 0.29) is 0 Å². The highest BCUT2D eigenvalue weighted by Gasteiger charge is 2.24. The molecule has 0 fully saturated rings. The Morgan fingerprint density at radius 3 is 1.89 bits per heavy atom. The maximum atomic E-state index is 6.40. The van der Waals surface area contributed by atoms with Crippen LogP contribution >= 0.6 is 11.3 Å². The predicted octanol–water partition coefficient (Wildman–Crippen LogP) is 10.1. The summed E-state index contributed by atoms with van der Waals surface area (Å²) >= 11 is 1.84. The summed E-state index contributed by atoms with van der Waals surface area (Å²) in [5, 5.41) is 8.20.